The minimum absolute atomic E-state index is 0.0585. The lowest BCUT2D eigenvalue weighted by atomic mass is 10.1. The third kappa shape index (κ3) is 4.94. The Hall–Kier alpha value is -4.31. The van der Waals surface area contributed by atoms with Crippen LogP contribution in [0.1, 0.15) is 23.0 Å². The highest BCUT2D eigenvalue weighted by Crippen LogP contribution is 2.24. The second kappa shape index (κ2) is 9.26. The largest absolute Gasteiger partial charge is 0.545 e. The lowest BCUT2D eigenvalue weighted by Crippen LogP contribution is -2.21. The molecule has 0 spiro atoms. The van der Waals surface area contributed by atoms with E-state index in [1.807, 2.05) is 13.0 Å². The molecule has 7 nitrogen and oxygen atoms in total. The first kappa shape index (κ1) is 20.4. The summed E-state index contributed by atoms with van der Waals surface area (Å²) < 4.78 is 11.0. The van der Waals surface area contributed by atoms with Gasteiger partial charge in [0.15, 0.2) is 0 Å². The van der Waals surface area contributed by atoms with Crippen molar-refractivity contribution in [1.82, 2.24) is 0 Å². The van der Waals surface area contributed by atoms with Crippen LogP contribution in [0, 0.1) is 11.3 Å². The number of carboxylic acids is 1. The Labute approximate surface area is 172 Å². The van der Waals surface area contributed by atoms with Gasteiger partial charge in [0.25, 0.3) is 5.91 Å². The van der Waals surface area contributed by atoms with Crippen molar-refractivity contribution in [3.8, 4) is 23.1 Å². The number of carbonyl (C=O) groups excluding carboxylic acids is 2. The normalized spacial score (nSPS) is 10.9. The molecule has 1 heterocycles. The van der Waals surface area contributed by atoms with Crippen LogP contribution in [0.15, 0.2) is 70.7 Å². The van der Waals surface area contributed by atoms with Crippen molar-refractivity contribution >= 4 is 23.6 Å². The molecule has 2 aromatic carbocycles. The minimum atomic E-state index is -1.26. The number of ether oxygens (including phenoxy) is 1. The molecular formula is C23H17N2O5-. The fourth-order valence-electron chi connectivity index (χ4n) is 2.65. The summed E-state index contributed by atoms with van der Waals surface area (Å²) in [6, 6.07) is 17.9. The van der Waals surface area contributed by atoms with E-state index >= 15 is 0 Å². The van der Waals surface area contributed by atoms with Gasteiger partial charge in [-0.1, -0.05) is 24.3 Å². The van der Waals surface area contributed by atoms with E-state index < -0.39 is 11.9 Å². The number of carboxylic acid groups (broad SMARTS) is 1. The summed E-state index contributed by atoms with van der Waals surface area (Å²) in [5, 5.41) is 22.8. The first-order valence-electron chi connectivity index (χ1n) is 9.07. The van der Waals surface area contributed by atoms with Gasteiger partial charge >= 0.3 is 0 Å². The van der Waals surface area contributed by atoms with Crippen molar-refractivity contribution in [3.05, 3.63) is 77.6 Å². The molecule has 30 heavy (non-hydrogen) atoms. The zero-order valence-electron chi connectivity index (χ0n) is 16.0. The second-order valence-electron chi connectivity index (χ2n) is 6.15. The molecular weight excluding hydrogens is 384 g/mol. The van der Waals surface area contributed by atoms with Gasteiger partial charge in [-0.25, -0.2) is 0 Å². The molecule has 0 bridgehead atoms. The molecule has 0 unspecified atom stereocenters. The third-order valence-corrected chi connectivity index (χ3v) is 4.11. The Morgan fingerprint density at radius 1 is 1.10 bits per heavy atom. The molecule has 0 aliphatic rings. The predicted octanol–water partition coefficient (Wildman–Crippen LogP) is 3.25. The number of rotatable bonds is 7. The Morgan fingerprint density at radius 3 is 2.40 bits per heavy atom. The van der Waals surface area contributed by atoms with Crippen LogP contribution in [-0.4, -0.2) is 18.5 Å². The number of aromatic carboxylic acids is 1. The molecule has 0 aliphatic heterocycles. The van der Waals surface area contributed by atoms with E-state index in [4.69, 9.17) is 9.15 Å². The Kier molecular flexibility index (Phi) is 6.30. The lowest BCUT2D eigenvalue weighted by Gasteiger charge is -2.06. The summed E-state index contributed by atoms with van der Waals surface area (Å²) in [5.74, 6) is -0.371. The number of benzene rings is 2. The monoisotopic (exact) mass is 401 g/mol. The molecule has 1 amide bonds. The summed E-state index contributed by atoms with van der Waals surface area (Å²) in [5.41, 5.74) is 1.11. The molecule has 1 N–H and O–H groups in total. The maximum atomic E-state index is 12.4. The van der Waals surface area contributed by atoms with Gasteiger partial charge in [-0.05, 0) is 48.9 Å². The SMILES string of the molecule is CCOc1ccc(NC(=O)/C(C#N)=C/c2ccc(-c3ccc(C(=O)[O-])cc3)o2)cc1. The van der Waals surface area contributed by atoms with Crippen LogP contribution in [0.3, 0.4) is 0 Å². The van der Waals surface area contributed by atoms with Crippen molar-refractivity contribution < 1.29 is 23.8 Å². The molecule has 0 atom stereocenters. The third-order valence-electron chi connectivity index (χ3n) is 4.11. The second-order valence-corrected chi connectivity index (χ2v) is 6.15. The number of nitriles is 1. The molecule has 150 valence electrons. The molecule has 0 saturated carbocycles. The Bertz CT molecular complexity index is 1120. The van der Waals surface area contributed by atoms with Crippen LogP contribution < -0.4 is 15.2 Å². The zero-order chi connectivity index (χ0) is 21.5. The number of hydrogen-bond donors (Lipinski definition) is 1. The van der Waals surface area contributed by atoms with Gasteiger partial charge in [0.2, 0.25) is 0 Å². The van der Waals surface area contributed by atoms with Gasteiger partial charge in [0, 0.05) is 17.3 Å². The van der Waals surface area contributed by atoms with Crippen molar-refractivity contribution in [2.24, 2.45) is 0 Å². The fourth-order valence-corrected chi connectivity index (χ4v) is 2.65. The quantitative estimate of drug-likeness (QED) is 0.480. The first-order valence-corrected chi connectivity index (χ1v) is 9.07. The number of anilines is 1. The molecule has 0 fully saturated rings. The highest BCUT2D eigenvalue weighted by Gasteiger charge is 2.12. The number of carbonyl (C=O) groups is 2. The maximum Gasteiger partial charge on any atom is 0.266 e. The average molecular weight is 401 g/mol. The first-order chi connectivity index (χ1) is 14.5. The summed E-state index contributed by atoms with van der Waals surface area (Å²) >= 11 is 0. The molecule has 3 rings (SSSR count). The van der Waals surface area contributed by atoms with Crippen molar-refractivity contribution in [1.29, 1.82) is 5.26 Å². The number of nitrogens with one attached hydrogen (secondary N) is 1. The maximum absolute atomic E-state index is 12.4. The van der Waals surface area contributed by atoms with E-state index in [1.54, 1.807) is 48.5 Å². The number of nitrogens with zero attached hydrogens (tertiary/aromatic N) is 1. The van der Waals surface area contributed by atoms with Gasteiger partial charge in [-0.15, -0.1) is 0 Å². The highest BCUT2D eigenvalue weighted by molar-refractivity contribution is 6.09. The van der Waals surface area contributed by atoms with E-state index in [-0.39, 0.29) is 11.1 Å². The van der Waals surface area contributed by atoms with Crippen LogP contribution in [0.5, 0.6) is 5.75 Å². The van der Waals surface area contributed by atoms with Crippen LogP contribution in [0.4, 0.5) is 5.69 Å². The molecule has 7 heteroatoms. The average Bonchev–Trinajstić information content (AvgIpc) is 3.22. The molecule has 1 aromatic heterocycles. The molecule has 0 radical (unpaired) electrons. The van der Waals surface area contributed by atoms with Gasteiger partial charge < -0.3 is 24.4 Å². The fraction of sp³-hybridized carbons (Fsp3) is 0.0870. The lowest BCUT2D eigenvalue weighted by molar-refractivity contribution is -0.255. The van der Waals surface area contributed by atoms with Gasteiger partial charge in [0.05, 0.1) is 12.6 Å². The smallest absolute Gasteiger partial charge is 0.266 e. The van der Waals surface area contributed by atoms with E-state index in [0.29, 0.717) is 35.1 Å². The van der Waals surface area contributed by atoms with Gasteiger partial charge in [0.1, 0.15) is 28.9 Å². The van der Waals surface area contributed by atoms with Crippen LogP contribution in [0.2, 0.25) is 0 Å². The number of amides is 1. The summed E-state index contributed by atoms with van der Waals surface area (Å²) in [6.45, 7) is 2.42. The standard InChI is InChI=1S/C23H18N2O5/c1-2-29-19-9-7-18(8-10-19)25-22(26)17(14-24)13-20-11-12-21(30-20)15-3-5-16(6-4-15)23(27)28/h3-13H,2H2,1H3,(H,25,26)(H,27,28)/p-1/b17-13+. The summed E-state index contributed by atoms with van der Waals surface area (Å²) in [6.07, 6.45) is 1.34. The molecule has 0 saturated heterocycles. The van der Waals surface area contributed by atoms with Gasteiger partial charge in [-0.3, -0.25) is 4.79 Å². The number of furan rings is 1. The minimum Gasteiger partial charge on any atom is -0.545 e. The van der Waals surface area contributed by atoms with Crippen molar-refractivity contribution in [3.63, 3.8) is 0 Å². The Balaban J connectivity index is 1.73. The van der Waals surface area contributed by atoms with E-state index in [0.717, 1.165) is 0 Å². The Morgan fingerprint density at radius 2 is 1.80 bits per heavy atom. The summed E-state index contributed by atoms with van der Waals surface area (Å²) in [7, 11) is 0. The van der Waals surface area contributed by atoms with E-state index in [2.05, 4.69) is 5.32 Å². The van der Waals surface area contributed by atoms with Crippen LogP contribution >= 0.6 is 0 Å². The summed E-state index contributed by atoms with van der Waals surface area (Å²) in [4.78, 5) is 23.2. The highest BCUT2D eigenvalue weighted by atomic mass is 16.5. The van der Waals surface area contributed by atoms with Crippen molar-refractivity contribution in [2.45, 2.75) is 6.92 Å². The van der Waals surface area contributed by atoms with Crippen LogP contribution in [0.25, 0.3) is 17.4 Å². The number of hydrogen-bond acceptors (Lipinski definition) is 6. The molecule has 0 aliphatic carbocycles. The van der Waals surface area contributed by atoms with E-state index in [1.165, 1.54) is 18.2 Å². The van der Waals surface area contributed by atoms with Gasteiger partial charge in [-0.2, -0.15) is 5.26 Å². The van der Waals surface area contributed by atoms with Crippen molar-refractivity contribution in [2.75, 3.05) is 11.9 Å². The van der Waals surface area contributed by atoms with Crippen LogP contribution in [-0.2, 0) is 4.79 Å². The zero-order valence-corrected chi connectivity index (χ0v) is 16.0. The predicted molar refractivity (Wildman–Crippen MR) is 108 cm³/mol. The van der Waals surface area contributed by atoms with E-state index in [9.17, 15) is 20.0 Å². The molecule has 3 aromatic rings. The topological polar surface area (TPSA) is 115 Å².